The van der Waals surface area contributed by atoms with Gasteiger partial charge < -0.3 is 20.3 Å². The van der Waals surface area contributed by atoms with E-state index in [1.54, 1.807) is 17.8 Å². The van der Waals surface area contributed by atoms with Crippen molar-refractivity contribution in [3.05, 3.63) is 54.1 Å². The predicted octanol–water partition coefficient (Wildman–Crippen LogP) is 4.80. The molecule has 1 amide bonds. The van der Waals surface area contributed by atoms with Crippen molar-refractivity contribution >= 4 is 34.4 Å². The van der Waals surface area contributed by atoms with E-state index in [-0.39, 0.29) is 53.3 Å². The Morgan fingerprint density at radius 3 is 2.95 bits per heavy atom. The Morgan fingerprint density at radius 2 is 2.16 bits per heavy atom. The summed E-state index contributed by atoms with van der Waals surface area (Å²) in [6.45, 7) is 5.35. The second-order valence-electron chi connectivity index (χ2n) is 9.54. The van der Waals surface area contributed by atoms with Gasteiger partial charge in [0, 0.05) is 29.4 Å². The molecule has 3 heterocycles. The largest absolute Gasteiger partial charge is 0.462 e. The Kier molecular flexibility index (Phi) is 8.09. The van der Waals surface area contributed by atoms with Gasteiger partial charge in [-0.25, -0.2) is 8.78 Å². The highest BCUT2D eigenvalue weighted by Crippen LogP contribution is 2.41. The maximum Gasteiger partial charge on any atom is 0.319 e. The molecular formula is C28H31F2N5O2S. The number of anilines is 1. The second kappa shape index (κ2) is 11.7. The summed E-state index contributed by atoms with van der Waals surface area (Å²) in [4.78, 5) is 23.6. The van der Waals surface area contributed by atoms with Crippen molar-refractivity contribution in [3.8, 4) is 17.1 Å². The highest BCUT2D eigenvalue weighted by molar-refractivity contribution is 7.99. The van der Waals surface area contributed by atoms with Crippen LogP contribution >= 0.6 is 11.8 Å². The summed E-state index contributed by atoms with van der Waals surface area (Å²) in [5, 5.41) is 5.96. The van der Waals surface area contributed by atoms with E-state index in [2.05, 4.69) is 32.1 Å². The van der Waals surface area contributed by atoms with Gasteiger partial charge in [0.1, 0.15) is 23.8 Å². The van der Waals surface area contributed by atoms with Gasteiger partial charge in [0.05, 0.1) is 5.56 Å². The molecule has 0 bridgehead atoms. The summed E-state index contributed by atoms with van der Waals surface area (Å²) in [6, 6.07) is 7.14. The van der Waals surface area contributed by atoms with E-state index >= 15 is 8.78 Å². The zero-order chi connectivity index (χ0) is 26.6. The zero-order valence-electron chi connectivity index (χ0n) is 21.4. The van der Waals surface area contributed by atoms with E-state index < -0.39 is 11.6 Å². The summed E-state index contributed by atoms with van der Waals surface area (Å²) in [5.74, 6) is -0.488. The number of rotatable bonds is 9. The lowest BCUT2D eigenvalue weighted by molar-refractivity contribution is -0.116. The van der Waals surface area contributed by atoms with Crippen molar-refractivity contribution < 1.29 is 18.3 Å². The molecule has 7 nitrogen and oxygen atoms in total. The van der Waals surface area contributed by atoms with Gasteiger partial charge in [-0.05, 0) is 74.4 Å². The average molecular weight is 540 g/mol. The lowest BCUT2D eigenvalue weighted by Gasteiger charge is -2.21. The van der Waals surface area contributed by atoms with Gasteiger partial charge in [0.15, 0.2) is 5.82 Å². The molecule has 2 N–H and O–H groups in total. The molecular weight excluding hydrogens is 508 g/mol. The van der Waals surface area contributed by atoms with Crippen LogP contribution in [0.15, 0.2) is 41.8 Å². The van der Waals surface area contributed by atoms with Crippen molar-refractivity contribution in [1.82, 2.24) is 20.2 Å². The topological polar surface area (TPSA) is 79.4 Å². The smallest absolute Gasteiger partial charge is 0.319 e. The molecule has 2 aliphatic heterocycles. The van der Waals surface area contributed by atoms with Crippen LogP contribution in [0, 0.1) is 11.6 Å². The number of halogens is 2. The quantitative estimate of drug-likeness (QED) is 0.299. The molecule has 5 rings (SSSR count). The van der Waals surface area contributed by atoms with Crippen molar-refractivity contribution in [2.24, 2.45) is 0 Å². The van der Waals surface area contributed by atoms with Gasteiger partial charge in [-0.15, -0.1) is 11.8 Å². The Labute approximate surface area is 225 Å². The number of aromatic nitrogens is 2. The number of amides is 1. The van der Waals surface area contributed by atoms with Crippen LogP contribution < -0.4 is 15.4 Å². The van der Waals surface area contributed by atoms with Gasteiger partial charge in [-0.1, -0.05) is 18.7 Å². The molecule has 1 atom stereocenters. The lowest BCUT2D eigenvalue weighted by atomic mass is 9.94. The van der Waals surface area contributed by atoms with Crippen LogP contribution in [-0.4, -0.2) is 65.9 Å². The molecule has 0 radical (unpaired) electrons. The molecule has 1 fully saturated rings. The normalized spacial score (nSPS) is 17.3. The second-order valence-corrected chi connectivity index (χ2v) is 10.7. The van der Waals surface area contributed by atoms with Crippen LogP contribution in [-0.2, 0) is 11.2 Å². The zero-order valence-corrected chi connectivity index (χ0v) is 22.2. The number of nitrogens with one attached hydrogen (secondary N) is 2. The van der Waals surface area contributed by atoms with Crippen molar-refractivity contribution in [3.63, 3.8) is 0 Å². The molecule has 200 valence electrons. The highest BCUT2D eigenvalue weighted by Gasteiger charge is 2.25. The van der Waals surface area contributed by atoms with Crippen LogP contribution in [0.1, 0.15) is 24.8 Å². The van der Waals surface area contributed by atoms with E-state index in [1.807, 2.05) is 19.2 Å². The molecule has 2 aromatic carbocycles. The summed E-state index contributed by atoms with van der Waals surface area (Å²) in [5.41, 5.74) is 1.43. The number of hydrogen-bond donors (Lipinski definition) is 2. The van der Waals surface area contributed by atoms with Crippen LogP contribution in [0.25, 0.3) is 22.0 Å². The summed E-state index contributed by atoms with van der Waals surface area (Å²) in [7, 11) is 2.04. The van der Waals surface area contributed by atoms with Crippen molar-refractivity contribution in [2.45, 2.75) is 36.6 Å². The minimum atomic E-state index is -0.739. The number of thioether (sulfide) groups is 1. The van der Waals surface area contributed by atoms with E-state index in [0.29, 0.717) is 12.2 Å². The monoisotopic (exact) mass is 539 g/mol. The van der Waals surface area contributed by atoms with Gasteiger partial charge >= 0.3 is 6.01 Å². The van der Waals surface area contributed by atoms with Gasteiger partial charge in [0.2, 0.25) is 5.91 Å². The van der Waals surface area contributed by atoms with Crippen molar-refractivity contribution in [1.29, 1.82) is 0 Å². The van der Waals surface area contributed by atoms with Crippen LogP contribution in [0.2, 0.25) is 0 Å². The fourth-order valence-electron chi connectivity index (χ4n) is 5.04. The van der Waals surface area contributed by atoms with Crippen LogP contribution in [0.5, 0.6) is 6.01 Å². The number of carbonyl (C=O) groups excluding carboxylic acids is 1. The lowest BCUT2D eigenvalue weighted by Crippen LogP contribution is -2.31. The number of fused-ring (bicyclic) bond motifs is 2. The first kappa shape index (κ1) is 26.4. The molecule has 0 saturated carbocycles. The molecule has 10 heteroatoms. The molecule has 3 aromatic rings. The number of carbonyl (C=O) groups is 1. The predicted molar refractivity (Wildman–Crippen MR) is 147 cm³/mol. The number of ether oxygens (including phenoxy) is 1. The maximum absolute atomic E-state index is 16.2. The molecule has 1 aromatic heterocycles. The standard InChI is InChI=1S/C28H31F2N5O2S/c1-3-23(36)31-11-12-32-27-20-15-21(29)24(19-8-4-10-22-18(19)9-6-14-38-22)25(30)26(20)33-28(34-27)37-16-17-7-5-13-35(17)2/h3-4,8,10,15,17H,1,5-7,9,11-14,16H2,2H3,(H,31,36)(H,32,33,34)/t17-/m0/s1. The number of nitrogens with zero attached hydrogens (tertiary/aromatic N) is 3. The first-order chi connectivity index (χ1) is 18.5. The Morgan fingerprint density at radius 1 is 1.29 bits per heavy atom. The molecule has 0 aliphatic carbocycles. The summed E-state index contributed by atoms with van der Waals surface area (Å²) in [6.07, 6.45) is 4.99. The van der Waals surface area contributed by atoms with Gasteiger partial charge in [0.25, 0.3) is 0 Å². The minimum absolute atomic E-state index is 0.00938. The third kappa shape index (κ3) is 5.47. The first-order valence-electron chi connectivity index (χ1n) is 12.9. The minimum Gasteiger partial charge on any atom is -0.462 e. The highest BCUT2D eigenvalue weighted by atomic mass is 32.2. The molecule has 1 saturated heterocycles. The fourth-order valence-corrected chi connectivity index (χ4v) is 6.11. The number of likely N-dealkylation sites (N-methyl/N-ethyl adjacent to an activating group) is 1. The fraction of sp³-hybridized carbons (Fsp3) is 0.393. The van der Waals surface area contributed by atoms with Crippen LogP contribution in [0.4, 0.5) is 14.6 Å². The SMILES string of the molecule is C=CC(=O)NCCNc1nc(OC[C@@H]2CCCN2C)nc2c(F)c(-c3cccc4c3CCCS4)c(F)cc12. The molecule has 38 heavy (non-hydrogen) atoms. The Balaban J connectivity index is 1.54. The summed E-state index contributed by atoms with van der Waals surface area (Å²) >= 11 is 1.71. The average Bonchev–Trinajstić information content (AvgIpc) is 3.34. The third-order valence-electron chi connectivity index (χ3n) is 7.07. The van der Waals surface area contributed by atoms with E-state index in [1.165, 1.54) is 12.1 Å². The molecule has 2 aliphatic rings. The number of likely N-dealkylation sites (tertiary alicyclic amines) is 1. The molecule has 0 spiro atoms. The van der Waals surface area contributed by atoms with Gasteiger partial charge in [-0.3, -0.25) is 4.79 Å². The van der Waals surface area contributed by atoms with E-state index in [0.717, 1.165) is 48.4 Å². The third-order valence-corrected chi connectivity index (χ3v) is 8.26. The van der Waals surface area contributed by atoms with E-state index in [4.69, 9.17) is 4.74 Å². The first-order valence-corrected chi connectivity index (χ1v) is 13.9. The number of hydrogen-bond acceptors (Lipinski definition) is 7. The van der Waals surface area contributed by atoms with Crippen molar-refractivity contribution in [2.75, 3.05) is 44.4 Å². The molecule has 0 unspecified atom stereocenters. The Hall–Kier alpha value is -3.24. The maximum atomic E-state index is 16.2. The number of benzene rings is 2. The summed E-state index contributed by atoms with van der Waals surface area (Å²) < 4.78 is 37.8. The van der Waals surface area contributed by atoms with E-state index in [9.17, 15) is 4.79 Å². The Bertz CT molecular complexity index is 1370. The van der Waals surface area contributed by atoms with Gasteiger partial charge in [-0.2, -0.15) is 9.97 Å². The van der Waals surface area contributed by atoms with Crippen LogP contribution in [0.3, 0.4) is 0 Å².